The molecule has 0 heterocycles. The second-order valence-electron chi connectivity index (χ2n) is 8.79. The molecule has 0 aromatic heterocycles. The van der Waals surface area contributed by atoms with Crippen LogP contribution < -0.4 is 0 Å². The summed E-state index contributed by atoms with van der Waals surface area (Å²) in [6.07, 6.45) is -0.308. The van der Waals surface area contributed by atoms with Crippen molar-refractivity contribution in [2.75, 3.05) is 13.1 Å². The highest BCUT2D eigenvalue weighted by atomic mass is 19.3. The summed E-state index contributed by atoms with van der Waals surface area (Å²) in [6, 6.07) is 17.6. The number of allylic oxidation sites excluding steroid dienone is 2. The van der Waals surface area contributed by atoms with Crippen LogP contribution in [0.25, 0.3) is 20.9 Å². The van der Waals surface area contributed by atoms with Crippen LogP contribution >= 0.6 is 0 Å². The van der Waals surface area contributed by atoms with Gasteiger partial charge in [0.1, 0.15) is 11.9 Å². The topological polar surface area (TPSA) is 136 Å². The van der Waals surface area contributed by atoms with Crippen molar-refractivity contribution in [2.24, 2.45) is 10.2 Å². The summed E-state index contributed by atoms with van der Waals surface area (Å²) in [7, 11) is 0. The van der Waals surface area contributed by atoms with Crippen molar-refractivity contribution >= 4 is 0 Å². The number of aliphatic hydroxyl groups is 1. The Kier molecular flexibility index (Phi) is 18.5. The van der Waals surface area contributed by atoms with Crippen molar-refractivity contribution in [3.8, 4) is 0 Å². The monoisotopic (exact) mass is 592 g/mol. The lowest BCUT2D eigenvalue weighted by atomic mass is 10.1. The van der Waals surface area contributed by atoms with Gasteiger partial charge in [-0.3, -0.25) is 0 Å². The molecule has 0 saturated heterocycles. The largest absolute Gasteiger partial charge is 0.510 e. The van der Waals surface area contributed by atoms with Gasteiger partial charge in [-0.1, -0.05) is 95.2 Å². The van der Waals surface area contributed by atoms with E-state index in [1.165, 1.54) is 5.57 Å². The molecular weight excluding hydrogens is 556 g/mol. The van der Waals surface area contributed by atoms with Gasteiger partial charge in [-0.15, -0.1) is 6.58 Å². The summed E-state index contributed by atoms with van der Waals surface area (Å²) >= 11 is 0. The molecule has 0 aliphatic carbocycles. The lowest BCUT2D eigenvalue weighted by molar-refractivity contribution is -0.131. The average molecular weight is 593 g/mol. The molecule has 2 atom stereocenters. The van der Waals surface area contributed by atoms with E-state index in [-0.39, 0.29) is 13.2 Å². The van der Waals surface area contributed by atoms with Gasteiger partial charge in [0.2, 0.25) is 0 Å². The minimum absolute atomic E-state index is 0.0450. The highest BCUT2D eigenvalue weighted by molar-refractivity contribution is 5.14. The first-order valence-electron chi connectivity index (χ1n) is 12.5. The number of benzene rings is 2. The molecule has 13 heteroatoms. The quantitative estimate of drug-likeness (QED) is 0.0584. The van der Waals surface area contributed by atoms with Gasteiger partial charge in [-0.05, 0) is 43.0 Å². The van der Waals surface area contributed by atoms with Gasteiger partial charge in [-0.2, -0.15) is 0 Å². The van der Waals surface area contributed by atoms with Gasteiger partial charge < -0.3 is 14.6 Å². The zero-order valence-electron chi connectivity index (χ0n) is 23.8. The number of hydrogen-bond acceptors (Lipinski definition) is 5. The van der Waals surface area contributed by atoms with Crippen LogP contribution in [0, 0.1) is 0 Å². The molecule has 1 N–H and O–H groups in total. The zero-order chi connectivity index (χ0) is 32.0. The van der Waals surface area contributed by atoms with Crippen molar-refractivity contribution in [1.82, 2.24) is 0 Å². The summed E-state index contributed by atoms with van der Waals surface area (Å²) in [5, 5.41) is 14.9. The maximum atomic E-state index is 13.6. The molecule has 0 aliphatic heterocycles. The maximum absolute atomic E-state index is 13.6. The van der Waals surface area contributed by atoms with Crippen molar-refractivity contribution in [3.05, 3.63) is 129 Å². The second kappa shape index (κ2) is 20.6. The molecule has 0 radical (unpaired) electrons. The minimum atomic E-state index is -3.52. The van der Waals surface area contributed by atoms with Crippen molar-refractivity contribution < 1.29 is 32.1 Å². The Morgan fingerprint density at radius 3 is 1.64 bits per heavy atom. The van der Waals surface area contributed by atoms with Gasteiger partial charge in [0, 0.05) is 9.82 Å². The van der Waals surface area contributed by atoms with Crippen LogP contribution in [0.2, 0.25) is 0 Å². The molecule has 0 unspecified atom stereocenters. The molecule has 2 rings (SSSR count). The lowest BCUT2D eigenvalue weighted by Crippen LogP contribution is -2.39. The third-order valence-corrected chi connectivity index (χ3v) is 5.12. The minimum Gasteiger partial charge on any atom is -0.510 e. The number of azide groups is 2. The van der Waals surface area contributed by atoms with E-state index in [0.717, 1.165) is 11.6 Å². The number of hydrogen-bond donors (Lipinski definition) is 1. The number of alkyl halides is 4. The molecule has 0 saturated carbocycles. The van der Waals surface area contributed by atoms with Gasteiger partial charge in [0.15, 0.2) is 6.10 Å². The summed E-state index contributed by atoms with van der Waals surface area (Å²) in [5.74, 6) is -7.59. The highest BCUT2D eigenvalue weighted by Crippen LogP contribution is 2.27. The maximum Gasteiger partial charge on any atom is 0.286 e. The summed E-state index contributed by atoms with van der Waals surface area (Å²) < 4.78 is 64.3. The third-order valence-electron chi connectivity index (χ3n) is 5.12. The van der Waals surface area contributed by atoms with E-state index in [2.05, 4.69) is 53.1 Å². The van der Waals surface area contributed by atoms with E-state index in [1.807, 2.05) is 13.0 Å². The normalized spacial score (nSPS) is 11.9. The van der Waals surface area contributed by atoms with Crippen molar-refractivity contribution in [1.29, 1.82) is 0 Å². The molecule has 2 aromatic rings. The van der Waals surface area contributed by atoms with Crippen LogP contribution in [-0.2, 0) is 22.7 Å². The van der Waals surface area contributed by atoms with Crippen LogP contribution in [0.1, 0.15) is 31.9 Å². The van der Waals surface area contributed by atoms with Crippen LogP contribution in [0.5, 0.6) is 0 Å². The lowest BCUT2D eigenvalue weighted by Gasteiger charge is -2.24. The second-order valence-corrected chi connectivity index (χ2v) is 8.79. The van der Waals surface area contributed by atoms with Crippen molar-refractivity contribution in [3.63, 3.8) is 0 Å². The predicted molar refractivity (Wildman–Crippen MR) is 155 cm³/mol. The molecule has 2 aromatic carbocycles. The Balaban J connectivity index is 0.000000691. The molecule has 0 spiro atoms. The van der Waals surface area contributed by atoms with Gasteiger partial charge in [0.05, 0.1) is 26.3 Å². The van der Waals surface area contributed by atoms with E-state index in [0.29, 0.717) is 5.56 Å². The number of nitrogens with zero attached hydrogens (tertiary/aromatic N) is 6. The van der Waals surface area contributed by atoms with E-state index < -0.39 is 42.9 Å². The number of rotatable bonds is 14. The first-order valence-corrected chi connectivity index (χ1v) is 12.5. The fourth-order valence-electron chi connectivity index (χ4n) is 2.76. The molecule has 0 amide bonds. The zero-order valence-corrected chi connectivity index (χ0v) is 23.8. The van der Waals surface area contributed by atoms with E-state index >= 15 is 0 Å². The SMILES string of the molecule is C=C(O)[C@@H](OCc1ccccc1)C(F)(F)CN=[N+]=[N-].C=C[C@@H](OCc1ccccc1)C(F)(F)CN=[N+]=[N-].CC=C(C)C. The Bertz CT molecular complexity index is 1200. The average Bonchev–Trinajstić information content (AvgIpc) is 2.97. The van der Waals surface area contributed by atoms with E-state index in [1.54, 1.807) is 54.6 Å². The molecule has 42 heavy (non-hydrogen) atoms. The van der Waals surface area contributed by atoms with E-state index in [9.17, 15) is 22.7 Å². The van der Waals surface area contributed by atoms with Gasteiger partial charge >= 0.3 is 0 Å². The number of ether oxygens (including phenoxy) is 2. The first-order chi connectivity index (χ1) is 19.8. The summed E-state index contributed by atoms with van der Waals surface area (Å²) in [4.78, 5) is 4.57. The molecule has 0 bridgehead atoms. The molecule has 0 fully saturated rings. The van der Waals surface area contributed by atoms with E-state index in [4.69, 9.17) is 20.5 Å². The summed E-state index contributed by atoms with van der Waals surface area (Å²) in [5.41, 5.74) is 18.9. The fourth-order valence-corrected chi connectivity index (χ4v) is 2.76. The first kappa shape index (κ1) is 37.7. The van der Waals surface area contributed by atoms with Crippen LogP contribution in [0.4, 0.5) is 17.6 Å². The highest BCUT2D eigenvalue weighted by Gasteiger charge is 2.42. The number of aliphatic hydroxyl groups excluding tert-OH is 1. The molecule has 0 aliphatic rings. The Morgan fingerprint density at radius 2 is 1.29 bits per heavy atom. The van der Waals surface area contributed by atoms with Gasteiger partial charge in [0.25, 0.3) is 11.8 Å². The predicted octanol–water partition coefficient (Wildman–Crippen LogP) is 9.26. The number of halogens is 4. The van der Waals surface area contributed by atoms with Crippen LogP contribution in [0.3, 0.4) is 0 Å². The Labute approximate surface area is 243 Å². The fraction of sp³-hybridized carbons (Fsp3) is 0.379. The van der Waals surface area contributed by atoms with Gasteiger partial charge in [-0.25, -0.2) is 17.6 Å². The summed E-state index contributed by atoms with van der Waals surface area (Å²) in [6.45, 7) is 10.4. The van der Waals surface area contributed by atoms with Crippen molar-refractivity contribution in [2.45, 2.75) is 58.0 Å². The standard InChI is InChI=1S/C12H13F2N3O2.C12H13F2N3O.C5H10/c1-9(18)11(12(13,14)8-16-17-15)19-7-10-5-3-2-4-6-10;1-2-11(12(13,14)9-16-17-15)18-8-10-6-4-3-5-7-10;1-4-5(2)3/h2-6,11,18H,1,7-8H2;2-7,11H,1,8-9H2;4H,1-3H3/t2*11-;/m11./s1. The third kappa shape index (κ3) is 16.1. The van der Waals surface area contributed by atoms with Crippen LogP contribution in [-0.4, -0.2) is 42.2 Å². The smallest absolute Gasteiger partial charge is 0.286 e. The molecule has 228 valence electrons. The Morgan fingerprint density at radius 1 is 0.881 bits per heavy atom. The van der Waals surface area contributed by atoms with Crippen LogP contribution in [0.15, 0.2) is 108 Å². The Hall–Kier alpha value is -4.28. The molecule has 9 nitrogen and oxygen atoms in total. The molecular formula is C29H36F4N6O3.